The number of ether oxygens (including phenoxy) is 1. The summed E-state index contributed by atoms with van der Waals surface area (Å²) in [7, 11) is 0. The van der Waals surface area contributed by atoms with E-state index in [4.69, 9.17) is 38.8 Å². The number of amides is 1. The van der Waals surface area contributed by atoms with Gasteiger partial charge in [0.15, 0.2) is 6.61 Å². The van der Waals surface area contributed by atoms with Crippen molar-refractivity contribution in [3.05, 3.63) is 45.8 Å². The summed E-state index contributed by atoms with van der Waals surface area (Å²) in [6.07, 6.45) is 1.47. The molecule has 10 heteroatoms. The number of aliphatic carboxylic acids is 2. The van der Waals surface area contributed by atoms with Crippen molar-refractivity contribution in [1.82, 2.24) is 4.90 Å². The molecule has 2 aromatic carbocycles. The number of nitrogens with zero attached hydrogens (tertiary/aromatic N) is 1. The van der Waals surface area contributed by atoms with Crippen molar-refractivity contribution in [1.29, 1.82) is 0 Å². The lowest BCUT2D eigenvalue weighted by Gasteiger charge is -2.13. The van der Waals surface area contributed by atoms with Gasteiger partial charge in [-0.05, 0) is 12.1 Å². The summed E-state index contributed by atoms with van der Waals surface area (Å²) in [4.78, 5) is 35.6. The molecule has 0 radical (unpaired) electrons. The summed E-state index contributed by atoms with van der Waals surface area (Å²) in [6.45, 7) is -1.12. The zero-order valence-corrected chi connectivity index (χ0v) is 16.4. The van der Waals surface area contributed by atoms with Crippen LogP contribution >= 0.6 is 35.6 Å². The Hall–Kier alpha value is -2.62. The smallest absolute Gasteiger partial charge is 0.341 e. The molecule has 0 spiro atoms. The highest BCUT2D eigenvalue weighted by atomic mass is 35.5. The lowest BCUT2D eigenvalue weighted by Crippen LogP contribution is -2.33. The largest absolute Gasteiger partial charge is 0.481 e. The predicted molar refractivity (Wildman–Crippen MR) is 110 cm³/mol. The molecular formula is C18H12ClNO6S2. The molecule has 7 nitrogen and oxygen atoms in total. The number of thioether (sulfide) groups is 1. The van der Waals surface area contributed by atoms with Gasteiger partial charge in [-0.2, -0.15) is 0 Å². The van der Waals surface area contributed by atoms with Gasteiger partial charge < -0.3 is 14.9 Å². The minimum atomic E-state index is -1.18. The quantitative estimate of drug-likeness (QED) is 0.524. The molecule has 1 fully saturated rings. The van der Waals surface area contributed by atoms with Gasteiger partial charge in [-0.15, -0.1) is 0 Å². The van der Waals surface area contributed by atoms with Crippen molar-refractivity contribution in [2.24, 2.45) is 0 Å². The molecule has 2 N–H and O–H groups in total. The molecular weight excluding hydrogens is 426 g/mol. The third kappa shape index (κ3) is 4.11. The summed E-state index contributed by atoms with van der Waals surface area (Å²) in [5.74, 6) is -2.63. The SMILES string of the molecule is O=C(O)COc1c(C=C2SC(=S)N(CC(=O)O)C2=O)cc(Cl)c2ccccc12. The van der Waals surface area contributed by atoms with E-state index in [9.17, 15) is 14.4 Å². The van der Waals surface area contributed by atoms with E-state index in [1.54, 1.807) is 30.3 Å². The number of carbonyl (C=O) groups excluding carboxylic acids is 1. The minimum absolute atomic E-state index is 0.124. The number of hydrogen-bond donors (Lipinski definition) is 2. The monoisotopic (exact) mass is 437 g/mol. The van der Waals surface area contributed by atoms with Crippen LogP contribution in [0.25, 0.3) is 16.8 Å². The summed E-state index contributed by atoms with van der Waals surface area (Å²) < 4.78 is 5.59. The van der Waals surface area contributed by atoms with Crippen LogP contribution in [-0.4, -0.2) is 50.4 Å². The molecule has 1 aliphatic rings. The van der Waals surface area contributed by atoms with Crippen molar-refractivity contribution in [2.45, 2.75) is 0 Å². The summed E-state index contributed by atoms with van der Waals surface area (Å²) in [6, 6.07) is 8.59. The van der Waals surface area contributed by atoms with Crippen molar-refractivity contribution < 1.29 is 29.3 Å². The fraction of sp³-hybridized carbons (Fsp3) is 0.111. The highest BCUT2D eigenvalue weighted by Crippen LogP contribution is 2.39. The number of fused-ring (bicyclic) bond motifs is 1. The normalized spacial score (nSPS) is 15.5. The molecule has 0 aliphatic carbocycles. The fourth-order valence-corrected chi connectivity index (χ4v) is 4.17. The van der Waals surface area contributed by atoms with Crippen LogP contribution in [0.15, 0.2) is 35.2 Å². The molecule has 28 heavy (non-hydrogen) atoms. The first-order valence-corrected chi connectivity index (χ1v) is 9.41. The molecule has 144 valence electrons. The van der Waals surface area contributed by atoms with Crippen LogP contribution in [0.2, 0.25) is 5.02 Å². The number of halogens is 1. The highest BCUT2D eigenvalue weighted by molar-refractivity contribution is 8.26. The second-order valence-corrected chi connectivity index (χ2v) is 7.75. The molecule has 0 unspecified atom stereocenters. The molecule has 0 bridgehead atoms. The lowest BCUT2D eigenvalue weighted by molar-refractivity contribution is -0.140. The minimum Gasteiger partial charge on any atom is -0.481 e. The molecule has 1 heterocycles. The number of carbonyl (C=O) groups is 3. The van der Waals surface area contributed by atoms with Gasteiger partial charge in [-0.25, -0.2) is 4.79 Å². The highest BCUT2D eigenvalue weighted by Gasteiger charge is 2.33. The Labute approximate surface area is 173 Å². The summed E-state index contributed by atoms with van der Waals surface area (Å²) in [5, 5.41) is 19.5. The van der Waals surface area contributed by atoms with Gasteiger partial charge in [0.1, 0.15) is 16.6 Å². The van der Waals surface area contributed by atoms with E-state index in [1.165, 1.54) is 6.08 Å². The molecule has 1 aliphatic heterocycles. The van der Waals surface area contributed by atoms with E-state index >= 15 is 0 Å². The molecule has 1 saturated heterocycles. The van der Waals surface area contributed by atoms with Crippen molar-refractivity contribution in [3.8, 4) is 5.75 Å². The lowest BCUT2D eigenvalue weighted by atomic mass is 10.0. The third-order valence-electron chi connectivity index (χ3n) is 3.77. The van der Waals surface area contributed by atoms with Crippen LogP contribution in [0, 0.1) is 0 Å². The topological polar surface area (TPSA) is 104 Å². The van der Waals surface area contributed by atoms with Crippen molar-refractivity contribution in [2.75, 3.05) is 13.2 Å². The van der Waals surface area contributed by atoms with Gasteiger partial charge in [0.2, 0.25) is 0 Å². The molecule has 2 aromatic rings. The molecule has 0 aromatic heterocycles. The average molecular weight is 438 g/mol. The Morgan fingerprint density at radius 2 is 1.89 bits per heavy atom. The fourth-order valence-electron chi connectivity index (χ4n) is 2.64. The van der Waals surface area contributed by atoms with E-state index in [0.717, 1.165) is 16.7 Å². The van der Waals surface area contributed by atoms with Gasteiger partial charge in [-0.1, -0.05) is 59.8 Å². The van der Waals surface area contributed by atoms with Gasteiger partial charge in [-0.3, -0.25) is 14.5 Å². The van der Waals surface area contributed by atoms with E-state index < -0.39 is 31.0 Å². The number of benzene rings is 2. The second kappa shape index (κ2) is 8.17. The third-order valence-corrected chi connectivity index (χ3v) is 5.46. The van der Waals surface area contributed by atoms with Gasteiger partial charge in [0.25, 0.3) is 5.91 Å². The van der Waals surface area contributed by atoms with Crippen LogP contribution in [0.1, 0.15) is 5.56 Å². The van der Waals surface area contributed by atoms with Crippen LogP contribution in [-0.2, 0) is 14.4 Å². The van der Waals surface area contributed by atoms with Crippen LogP contribution < -0.4 is 4.74 Å². The first-order chi connectivity index (χ1) is 13.3. The zero-order chi connectivity index (χ0) is 20.4. The van der Waals surface area contributed by atoms with Crippen molar-refractivity contribution in [3.63, 3.8) is 0 Å². The Kier molecular flexibility index (Phi) is 5.87. The van der Waals surface area contributed by atoms with E-state index in [0.29, 0.717) is 21.4 Å². The maximum absolute atomic E-state index is 12.5. The maximum atomic E-state index is 12.5. The standard InChI is InChI=1S/C18H12ClNO6S2/c19-12-5-9(6-13-17(25)20(7-14(21)22)18(27)28-13)16(26-8-15(23)24)11-4-2-1-3-10(11)12/h1-6H,7-8H2,(H,21,22)(H,23,24). The summed E-state index contributed by atoms with van der Waals surface area (Å²) in [5.41, 5.74) is 0.390. The number of rotatable bonds is 6. The predicted octanol–water partition coefficient (Wildman–Crippen LogP) is 3.24. The Balaban J connectivity index is 2.09. The number of carboxylic acids is 2. The van der Waals surface area contributed by atoms with Crippen molar-refractivity contribution >= 4 is 74.6 Å². The van der Waals surface area contributed by atoms with Crippen LogP contribution in [0.4, 0.5) is 0 Å². The summed E-state index contributed by atoms with van der Waals surface area (Å²) >= 11 is 12.4. The Morgan fingerprint density at radius 3 is 2.54 bits per heavy atom. The van der Waals surface area contributed by atoms with E-state index in [1.807, 2.05) is 0 Å². The zero-order valence-electron chi connectivity index (χ0n) is 14.0. The molecule has 3 rings (SSSR count). The number of carboxylic acid groups (broad SMARTS) is 2. The van der Waals surface area contributed by atoms with E-state index in [2.05, 4.69) is 0 Å². The first-order valence-electron chi connectivity index (χ1n) is 7.81. The van der Waals surface area contributed by atoms with Gasteiger partial charge >= 0.3 is 11.9 Å². The first kappa shape index (κ1) is 20.1. The number of thiocarbonyl (C=S) groups is 1. The number of hydrogen-bond acceptors (Lipinski definition) is 6. The van der Waals surface area contributed by atoms with Crippen LogP contribution in [0.3, 0.4) is 0 Å². The maximum Gasteiger partial charge on any atom is 0.341 e. The van der Waals surface area contributed by atoms with Gasteiger partial charge in [0.05, 0.1) is 4.91 Å². The Bertz CT molecular complexity index is 1050. The molecule has 0 atom stereocenters. The van der Waals surface area contributed by atoms with Gasteiger partial charge in [0, 0.05) is 21.4 Å². The van der Waals surface area contributed by atoms with E-state index in [-0.39, 0.29) is 15.0 Å². The molecule has 1 amide bonds. The van der Waals surface area contributed by atoms with Crippen LogP contribution in [0.5, 0.6) is 5.75 Å². The Morgan fingerprint density at radius 1 is 1.21 bits per heavy atom. The average Bonchev–Trinajstić information content (AvgIpc) is 2.88. The second-order valence-electron chi connectivity index (χ2n) is 5.67. The molecule has 0 saturated carbocycles.